The highest BCUT2D eigenvalue weighted by atomic mass is 35.5. The van der Waals surface area contributed by atoms with Gasteiger partial charge in [0, 0.05) is 30.5 Å². The van der Waals surface area contributed by atoms with Crippen molar-refractivity contribution >= 4 is 27.5 Å². The predicted octanol–water partition coefficient (Wildman–Crippen LogP) is 4.36. The van der Waals surface area contributed by atoms with E-state index in [0.717, 1.165) is 38.1 Å². The number of carbonyl (C=O) groups is 1. The van der Waals surface area contributed by atoms with E-state index < -0.39 is 15.9 Å². The van der Waals surface area contributed by atoms with Gasteiger partial charge in [0.05, 0.1) is 12.2 Å². The van der Waals surface area contributed by atoms with Gasteiger partial charge in [-0.15, -0.1) is 5.10 Å². The standard InChI is InChI=1S/C29H38ClN7O4S/c1-28(2)18-20(19-31-28)4-3-14-36-15-9-25(34-36)42(39,40)35-27(38)22-5-6-23(32-26(22)30)37-16-8-24(33-37)41-17-10-21-7-11-29(21)12-13-29/h5-6,8-9,15-16,20-21,31H,3-4,7,10-14,17-19H2,1-2H3,(H,35,38)/t20-,21?/m0/s1. The minimum atomic E-state index is -4.20. The van der Waals surface area contributed by atoms with E-state index in [4.69, 9.17) is 16.3 Å². The van der Waals surface area contributed by atoms with Crippen molar-refractivity contribution in [2.24, 2.45) is 17.3 Å². The molecule has 1 amide bonds. The van der Waals surface area contributed by atoms with Crippen molar-refractivity contribution in [2.75, 3.05) is 13.2 Å². The Bertz CT molecular complexity index is 1560. The van der Waals surface area contributed by atoms with Gasteiger partial charge < -0.3 is 10.1 Å². The van der Waals surface area contributed by atoms with Gasteiger partial charge in [-0.05, 0) is 107 Å². The van der Waals surface area contributed by atoms with Crippen molar-refractivity contribution in [2.45, 2.75) is 82.3 Å². The van der Waals surface area contributed by atoms with Crippen LogP contribution in [0.3, 0.4) is 0 Å². The molecule has 13 heteroatoms. The largest absolute Gasteiger partial charge is 0.477 e. The molecule has 3 fully saturated rings. The molecule has 1 spiro atoms. The summed E-state index contributed by atoms with van der Waals surface area (Å²) >= 11 is 6.30. The molecule has 0 bridgehead atoms. The first-order valence-corrected chi connectivity index (χ1v) is 16.6. The second kappa shape index (κ2) is 11.3. The fourth-order valence-electron chi connectivity index (χ4n) is 6.44. The third kappa shape index (κ3) is 6.35. The summed E-state index contributed by atoms with van der Waals surface area (Å²) in [5, 5.41) is 11.7. The molecule has 2 saturated carbocycles. The van der Waals surface area contributed by atoms with E-state index >= 15 is 0 Å². The summed E-state index contributed by atoms with van der Waals surface area (Å²) in [4.78, 5) is 17.1. The van der Waals surface area contributed by atoms with Gasteiger partial charge in [-0.3, -0.25) is 9.48 Å². The third-order valence-corrected chi connectivity index (χ3v) is 10.6. The number of aromatic nitrogens is 5. The number of halogens is 1. The molecule has 11 nitrogen and oxygen atoms in total. The Morgan fingerprint density at radius 3 is 2.67 bits per heavy atom. The minimum Gasteiger partial charge on any atom is -0.477 e. The summed E-state index contributed by atoms with van der Waals surface area (Å²) in [5.41, 5.74) is 0.720. The number of pyridine rings is 1. The zero-order valence-electron chi connectivity index (χ0n) is 24.1. The Kier molecular flexibility index (Phi) is 7.82. The molecule has 1 unspecified atom stereocenters. The van der Waals surface area contributed by atoms with E-state index in [1.807, 2.05) is 0 Å². The summed E-state index contributed by atoms with van der Waals surface area (Å²) in [6.07, 6.45) is 12.8. The van der Waals surface area contributed by atoms with Crippen LogP contribution in [-0.4, -0.2) is 57.6 Å². The van der Waals surface area contributed by atoms with Crippen LogP contribution in [0.15, 0.2) is 41.7 Å². The molecular weight excluding hydrogens is 578 g/mol. The lowest BCUT2D eigenvalue weighted by atomic mass is 9.69. The van der Waals surface area contributed by atoms with Gasteiger partial charge >= 0.3 is 0 Å². The van der Waals surface area contributed by atoms with Gasteiger partial charge in [0.1, 0.15) is 5.15 Å². The van der Waals surface area contributed by atoms with E-state index in [9.17, 15) is 13.2 Å². The average Bonchev–Trinajstić information content (AvgIpc) is 3.23. The molecule has 6 rings (SSSR count). The molecule has 3 aliphatic rings. The molecule has 4 heterocycles. The maximum atomic E-state index is 12.9. The Balaban J connectivity index is 1.01. The first-order chi connectivity index (χ1) is 20.0. The fourth-order valence-corrected chi connectivity index (χ4v) is 7.58. The van der Waals surface area contributed by atoms with Gasteiger partial charge in [-0.1, -0.05) is 11.6 Å². The molecule has 0 aromatic carbocycles. The van der Waals surface area contributed by atoms with Crippen molar-refractivity contribution in [3.05, 3.63) is 47.4 Å². The van der Waals surface area contributed by atoms with Gasteiger partial charge in [-0.2, -0.15) is 13.5 Å². The van der Waals surface area contributed by atoms with E-state index in [1.165, 1.54) is 42.5 Å². The van der Waals surface area contributed by atoms with Crippen LogP contribution in [0.2, 0.25) is 5.15 Å². The van der Waals surface area contributed by atoms with E-state index in [2.05, 4.69) is 39.1 Å². The number of rotatable bonds is 12. The number of aryl methyl sites for hydroxylation is 1. The van der Waals surface area contributed by atoms with Crippen molar-refractivity contribution in [3.63, 3.8) is 0 Å². The lowest BCUT2D eigenvalue weighted by Crippen LogP contribution is -2.31. The maximum Gasteiger partial charge on any atom is 0.283 e. The molecule has 3 aromatic heterocycles. The Labute approximate surface area is 251 Å². The van der Waals surface area contributed by atoms with Crippen LogP contribution >= 0.6 is 11.6 Å². The number of nitrogens with one attached hydrogen (secondary N) is 2. The first-order valence-electron chi connectivity index (χ1n) is 14.7. The Morgan fingerprint density at radius 1 is 1.14 bits per heavy atom. The van der Waals surface area contributed by atoms with Crippen LogP contribution in [-0.2, 0) is 16.6 Å². The van der Waals surface area contributed by atoms with Crippen LogP contribution < -0.4 is 14.8 Å². The normalized spacial score (nSPS) is 22.2. The third-order valence-electron chi connectivity index (χ3n) is 9.13. The lowest BCUT2D eigenvalue weighted by molar-refractivity contribution is 0.0981. The molecule has 2 aliphatic carbocycles. The Morgan fingerprint density at radius 2 is 1.98 bits per heavy atom. The van der Waals surface area contributed by atoms with E-state index in [0.29, 0.717) is 36.2 Å². The zero-order chi connectivity index (χ0) is 29.5. The molecule has 0 radical (unpaired) electrons. The van der Waals surface area contributed by atoms with Crippen LogP contribution in [0.1, 0.15) is 75.6 Å². The SMILES string of the molecule is CC1(C)C[C@H](CCCn2ccc(S(=O)(=O)NC(=O)c3ccc(-n4ccc(OCCC5CCC56CC6)n4)nc3Cl)n2)CN1. The van der Waals surface area contributed by atoms with Gasteiger partial charge in [0.2, 0.25) is 5.88 Å². The van der Waals surface area contributed by atoms with Crippen molar-refractivity contribution in [3.8, 4) is 11.7 Å². The summed E-state index contributed by atoms with van der Waals surface area (Å²) in [6, 6.07) is 6.10. The van der Waals surface area contributed by atoms with E-state index in [1.54, 1.807) is 29.2 Å². The molecule has 2 atom stereocenters. The van der Waals surface area contributed by atoms with Gasteiger partial charge in [0.15, 0.2) is 10.8 Å². The van der Waals surface area contributed by atoms with Crippen molar-refractivity contribution in [1.29, 1.82) is 0 Å². The fraction of sp³-hybridized carbons (Fsp3) is 0.586. The molecule has 226 valence electrons. The smallest absolute Gasteiger partial charge is 0.283 e. The van der Waals surface area contributed by atoms with Crippen molar-refractivity contribution < 1.29 is 17.9 Å². The molecule has 1 aliphatic heterocycles. The molecule has 1 saturated heterocycles. The summed E-state index contributed by atoms with van der Waals surface area (Å²) in [6.45, 7) is 6.62. The number of carbonyl (C=O) groups excluding carboxylic acids is 1. The number of hydrogen-bond donors (Lipinski definition) is 2. The second-order valence-corrected chi connectivity index (χ2v) is 14.7. The highest BCUT2D eigenvalue weighted by molar-refractivity contribution is 7.90. The molecule has 2 N–H and O–H groups in total. The minimum absolute atomic E-state index is 0.0744. The topological polar surface area (TPSA) is 133 Å². The van der Waals surface area contributed by atoms with Crippen molar-refractivity contribution in [1.82, 2.24) is 34.6 Å². The second-order valence-electron chi connectivity index (χ2n) is 12.7. The zero-order valence-corrected chi connectivity index (χ0v) is 25.6. The van der Waals surface area contributed by atoms with Crippen LogP contribution in [0.5, 0.6) is 5.88 Å². The summed E-state index contributed by atoms with van der Waals surface area (Å²) < 4.78 is 36.7. The quantitative estimate of drug-likeness (QED) is 0.287. The molecule has 3 aromatic rings. The molecule has 42 heavy (non-hydrogen) atoms. The van der Waals surface area contributed by atoms with E-state index in [-0.39, 0.29) is 21.3 Å². The number of hydrogen-bond acceptors (Lipinski definition) is 8. The lowest BCUT2D eigenvalue weighted by Gasteiger charge is -2.37. The number of nitrogens with zero attached hydrogens (tertiary/aromatic N) is 5. The number of amides is 1. The number of sulfonamides is 1. The highest BCUT2D eigenvalue weighted by Gasteiger charge is 2.54. The summed E-state index contributed by atoms with van der Waals surface area (Å²) in [7, 11) is -4.20. The van der Waals surface area contributed by atoms with Crippen LogP contribution in [0.4, 0.5) is 0 Å². The average molecular weight is 616 g/mol. The number of ether oxygens (including phenoxy) is 1. The predicted molar refractivity (Wildman–Crippen MR) is 157 cm³/mol. The van der Waals surface area contributed by atoms with Crippen LogP contribution in [0, 0.1) is 17.3 Å². The maximum absolute atomic E-state index is 12.9. The highest BCUT2D eigenvalue weighted by Crippen LogP contribution is 2.65. The first kappa shape index (κ1) is 29.1. The van der Waals surface area contributed by atoms with Crippen LogP contribution in [0.25, 0.3) is 5.82 Å². The molecular formula is C29H38ClN7O4S. The monoisotopic (exact) mass is 615 g/mol. The van der Waals surface area contributed by atoms with Gasteiger partial charge in [0.25, 0.3) is 15.9 Å². The summed E-state index contributed by atoms with van der Waals surface area (Å²) in [5.74, 6) is 1.35. The Hall–Kier alpha value is -2.96. The van der Waals surface area contributed by atoms with Gasteiger partial charge in [-0.25, -0.2) is 14.4 Å².